The van der Waals surface area contributed by atoms with Gasteiger partial charge in [-0.25, -0.2) is 13.8 Å². The zero-order chi connectivity index (χ0) is 28.4. The fourth-order valence-corrected chi connectivity index (χ4v) is 6.61. The number of allylic oxidation sites excluding steroid dienone is 1. The van der Waals surface area contributed by atoms with E-state index in [0.717, 1.165) is 11.1 Å². The van der Waals surface area contributed by atoms with Crippen LogP contribution < -0.4 is 15.8 Å². The van der Waals surface area contributed by atoms with Gasteiger partial charge in [-0.15, -0.1) is 0 Å². The van der Waals surface area contributed by atoms with Crippen LogP contribution in [0.5, 0.6) is 5.75 Å². The van der Waals surface area contributed by atoms with Crippen molar-refractivity contribution in [2.45, 2.75) is 88.4 Å². The zero-order valence-corrected chi connectivity index (χ0v) is 23.0. The molecule has 7 rings (SSSR count). The number of benzene rings is 2. The maximum absolute atomic E-state index is 15.2. The molecule has 0 radical (unpaired) electrons. The molecule has 5 aliphatic rings. The molecule has 7 nitrogen and oxygen atoms in total. The van der Waals surface area contributed by atoms with E-state index in [1.165, 1.54) is 23.1 Å². The topological polar surface area (TPSA) is 97.0 Å². The van der Waals surface area contributed by atoms with Gasteiger partial charge in [-0.3, -0.25) is 14.5 Å². The Morgan fingerprint density at radius 3 is 2.67 bits per heavy atom. The highest BCUT2D eigenvalue weighted by Crippen LogP contribution is 2.51. The van der Waals surface area contributed by atoms with E-state index in [0.29, 0.717) is 31.4 Å². The minimum absolute atomic E-state index is 0.0450. The Hall–Kier alpha value is -3.75. The SMILES string of the molecule is CC[C@@]12CC/C=C/c3ccc4c(c3)[C@H](CC(C)(C)O4)NC(=O)c3ccc4c(c3)[C@@H](CC4(F)F)N(C(=O)C1)C(N)=N2. The summed E-state index contributed by atoms with van der Waals surface area (Å²) in [4.78, 5) is 33.0. The average molecular weight is 549 g/mol. The quantitative estimate of drug-likeness (QED) is 0.474. The minimum atomic E-state index is -3.17. The summed E-state index contributed by atoms with van der Waals surface area (Å²) in [5.74, 6) is -3.22. The molecule has 0 saturated carbocycles. The molecule has 2 aromatic carbocycles. The van der Waals surface area contributed by atoms with E-state index in [2.05, 4.69) is 5.32 Å². The summed E-state index contributed by atoms with van der Waals surface area (Å²) in [7, 11) is 0. The van der Waals surface area contributed by atoms with Gasteiger partial charge in [0.15, 0.2) is 5.96 Å². The summed E-state index contributed by atoms with van der Waals surface area (Å²) in [5, 5.41) is 3.12. The molecule has 0 saturated heterocycles. The molecule has 3 N–H and O–H groups in total. The van der Waals surface area contributed by atoms with E-state index >= 15 is 8.78 Å². The third-order valence-electron chi connectivity index (χ3n) is 8.72. The molecular formula is C31H34F2N4O3. The molecule has 9 heteroatoms. The number of nitrogens with zero attached hydrogens (tertiary/aromatic N) is 2. The molecule has 0 fully saturated rings. The number of carbonyl (C=O) groups excluding carboxylic acids is 2. The highest BCUT2D eigenvalue weighted by Gasteiger charge is 2.51. The number of halogens is 2. The van der Waals surface area contributed by atoms with Gasteiger partial charge in [0.25, 0.3) is 11.8 Å². The van der Waals surface area contributed by atoms with Gasteiger partial charge in [0.1, 0.15) is 11.4 Å². The van der Waals surface area contributed by atoms with Crippen molar-refractivity contribution in [2.24, 2.45) is 10.7 Å². The van der Waals surface area contributed by atoms with E-state index < -0.39 is 29.5 Å². The lowest BCUT2D eigenvalue weighted by Crippen LogP contribution is -2.52. The number of fused-ring (bicyclic) bond motifs is 4. The number of nitrogens with one attached hydrogen (secondary N) is 1. The van der Waals surface area contributed by atoms with E-state index in [-0.39, 0.29) is 46.9 Å². The van der Waals surface area contributed by atoms with Crippen LogP contribution in [-0.2, 0) is 10.7 Å². The smallest absolute Gasteiger partial charge is 0.275 e. The van der Waals surface area contributed by atoms with Gasteiger partial charge in [0.2, 0.25) is 5.91 Å². The average Bonchev–Trinajstić information content (AvgIpc) is 3.15. The fraction of sp³-hybridized carbons (Fsp3) is 0.452. The van der Waals surface area contributed by atoms with Gasteiger partial charge >= 0.3 is 0 Å². The summed E-state index contributed by atoms with van der Waals surface area (Å²) in [5.41, 5.74) is 7.27. The van der Waals surface area contributed by atoms with Gasteiger partial charge in [0, 0.05) is 29.5 Å². The van der Waals surface area contributed by atoms with Crippen molar-refractivity contribution in [2.75, 3.05) is 0 Å². The molecule has 0 spiro atoms. The van der Waals surface area contributed by atoms with E-state index in [1.54, 1.807) is 0 Å². The molecule has 4 heterocycles. The second-order valence-corrected chi connectivity index (χ2v) is 12.0. The molecule has 210 valence electrons. The molecule has 4 aliphatic heterocycles. The summed E-state index contributed by atoms with van der Waals surface area (Å²) in [6.45, 7) is 5.91. The highest BCUT2D eigenvalue weighted by molar-refractivity contribution is 6.00. The molecule has 3 atom stereocenters. The highest BCUT2D eigenvalue weighted by atomic mass is 19.3. The van der Waals surface area contributed by atoms with Crippen molar-refractivity contribution in [3.8, 4) is 5.75 Å². The number of alkyl halides is 2. The summed E-state index contributed by atoms with van der Waals surface area (Å²) in [6.07, 6.45) is 5.93. The van der Waals surface area contributed by atoms with Crippen LogP contribution in [0, 0.1) is 0 Å². The number of nitrogens with two attached hydrogens (primary N) is 1. The largest absolute Gasteiger partial charge is 0.487 e. The zero-order valence-electron chi connectivity index (χ0n) is 23.0. The van der Waals surface area contributed by atoms with Crippen LogP contribution in [0.25, 0.3) is 6.08 Å². The van der Waals surface area contributed by atoms with Crippen LogP contribution in [0.3, 0.4) is 0 Å². The number of guanidine groups is 1. The van der Waals surface area contributed by atoms with Gasteiger partial charge in [0.05, 0.1) is 24.0 Å². The van der Waals surface area contributed by atoms with Gasteiger partial charge in [-0.1, -0.05) is 31.2 Å². The van der Waals surface area contributed by atoms with Crippen molar-refractivity contribution in [1.29, 1.82) is 0 Å². The van der Waals surface area contributed by atoms with Crippen LogP contribution in [-0.4, -0.2) is 33.8 Å². The van der Waals surface area contributed by atoms with Crippen molar-refractivity contribution in [3.63, 3.8) is 0 Å². The summed E-state index contributed by atoms with van der Waals surface area (Å²) >= 11 is 0. The molecular weight excluding hydrogens is 514 g/mol. The van der Waals surface area contributed by atoms with Gasteiger partial charge in [-0.2, -0.15) is 0 Å². The second-order valence-electron chi connectivity index (χ2n) is 12.0. The molecule has 0 aromatic heterocycles. The van der Waals surface area contributed by atoms with Crippen LogP contribution in [0.1, 0.15) is 104 Å². The lowest BCUT2D eigenvalue weighted by Gasteiger charge is -2.39. The normalized spacial score (nSPS) is 29.1. The summed E-state index contributed by atoms with van der Waals surface area (Å²) in [6, 6.07) is 8.76. The lowest BCUT2D eigenvalue weighted by atomic mass is 9.85. The van der Waals surface area contributed by atoms with E-state index in [4.69, 9.17) is 15.5 Å². The monoisotopic (exact) mass is 548 g/mol. The van der Waals surface area contributed by atoms with Crippen LogP contribution in [0.2, 0.25) is 0 Å². The molecule has 2 amide bonds. The standard InChI is InChI=1S/C31H34F2N4O3/c1-4-30-12-6-5-7-18-8-11-25-21(13-18)23(15-29(2,3)40-25)35-27(39)19-9-10-22-20(14-19)24(16-31(22,32)33)37(26(38)17-30)28(34)36-30/h5,7-11,13-14,23-24H,4,6,12,15-17H2,1-3H3,(H2,34,36)(H,35,39)/b7-5+/t23-,24+,30+/m0/s1. The van der Waals surface area contributed by atoms with Crippen LogP contribution in [0.15, 0.2) is 47.5 Å². The molecule has 0 unspecified atom stereocenters. The first-order valence-corrected chi connectivity index (χ1v) is 13.9. The molecule has 2 aromatic rings. The number of ether oxygens (including phenoxy) is 1. The Morgan fingerprint density at radius 2 is 1.93 bits per heavy atom. The van der Waals surface area contributed by atoms with Crippen molar-refractivity contribution in [1.82, 2.24) is 10.2 Å². The maximum atomic E-state index is 15.2. The second kappa shape index (κ2) is 9.14. The number of aliphatic imine (C=N–C) groups is 1. The predicted molar refractivity (Wildman–Crippen MR) is 148 cm³/mol. The van der Waals surface area contributed by atoms with Crippen LogP contribution in [0.4, 0.5) is 8.78 Å². The minimum Gasteiger partial charge on any atom is -0.487 e. The van der Waals surface area contributed by atoms with E-state index in [9.17, 15) is 9.59 Å². The number of hydrogen-bond donors (Lipinski definition) is 2. The van der Waals surface area contributed by atoms with Crippen LogP contribution >= 0.6 is 0 Å². The Morgan fingerprint density at radius 1 is 1.12 bits per heavy atom. The Bertz CT molecular complexity index is 1470. The Balaban J connectivity index is 1.48. The Labute approximate surface area is 232 Å². The first-order chi connectivity index (χ1) is 18.9. The fourth-order valence-electron chi connectivity index (χ4n) is 6.61. The lowest BCUT2D eigenvalue weighted by molar-refractivity contribution is -0.132. The number of hydrogen-bond acceptors (Lipinski definition) is 5. The van der Waals surface area contributed by atoms with E-state index in [1.807, 2.05) is 51.1 Å². The molecule has 6 bridgehead atoms. The third-order valence-corrected chi connectivity index (χ3v) is 8.72. The molecule has 40 heavy (non-hydrogen) atoms. The third kappa shape index (κ3) is 4.45. The number of rotatable bonds is 1. The Kier molecular flexibility index (Phi) is 6.05. The number of carbonyl (C=O) groups is 2. The first kappa shape index (κ1) is 26.5. The van der Waals surface area contributed by atoms with Gasteiger partial charge < -0.3 is 15.8 Å². The molecule has 1 aliphatic carbocycles. The van der Waals surface area contributed by atoms with Crippen molar-refractivity contribution >= 4 is 23.8 Å². The first-order valence-electron chi connectivity index (χ1n) is 13.9. The maximum Gasteiger partial charge on any atom is 0.275 e. The van der Waals surface area contributed by atoms with Crippen molar-refractivity contribution in [3.05, 3.63) is 70.3 Å². The summed E-state index contributed by atoms with van der Waals surface area (Å²) < 4.78 is 36.6. The predicted octanol–water partition coefficient (Wildman–Crippen LogP) is 5.76. The van der Waals surface area contributed by atoms with Gasteiger partial charge in [-0.05, 0) is 68.5 Å². The number of amides is 2. The van der Waals surface area contributed by atoms with Crippen molar-refractivity contribution < 1.29 is 23.1 Å².